The van der Waals surface area contributed by atoms with Gasteiger partial charge in [0.05, 0.1) is 18.2 Å². The van der Waals surface area contributed by atoms with Crippen LogP contribution in [0.25, 0.3) is 6.08 Å². The van der Waals surface area contributed by atoms with Crippen molar-refractivity contribution in [1.29, 1.82) is 0 Å². The molecule has 1 heterocycles. The van der Waals surface area contributed by atoms with E-state index in [0.717, 1.165) is 24.0 Å². The lowest BCUT2D eigenvalue weighted by molar-refractivity contribution is -0.104. The van der Waals surface area contributed by atoms with Gasteiger partial charge in [-0.2, -0.15) is 0 Å². The van der Waals surface area contributed by atoms with Crippen molar-refractivity contribution >= 4 is 12.4 Å². The monoisotopic (exact) mass is 190 g/mol. The van der Waals surface area contributed by atoms with Gasteiger partial charge in [-0.1, -0.05) is 6.92 Å². The lowest BCUT2D eigenvalue weighted by Crippen LogP contribution is -1.95. The lowest BCUT2D eigenvalue weighted by Gasteiger charge is -2.02. The smallest absolute Gasteiger partial charge is 0.146 e. The zero-order chi connectivity index (χ0) is 9.97. The second-order valence-corrected chi connectivity index (χ2v) is 3.65. The molecule has 1 aromatic rings. The van der Waals surface area contributed by atoms with Gasteiger partial charge in [-0.25, -0.2) is 4.98 Å². The van der Waals surface area contributed by atoms with Crippen molar-refractivity contribution < 1.29 is 4.79 Å². The second-order valence-electron chi connectivity index (χ2n) is 3.65. The number of aromatic nitrogens is 2. The normalized spacial score (nSPS) is 17.1. The second kappa shape index (κ2) is 3.78. The Labute approximate surface area is 83.5 Å². The molecule has 1 aliphatic carbocycles. The van der Waals surface area contributed by atoms with Crippen molar-refractivity contribution in [2.75, 3.05) is 0 Å². The van der Waals surface area contributed by atoms with Crippen LogP contribution in [-0.2, 0) is 4.79 Å². The highest BCUT2D eigenvalue weighted by atomic mass is 16.1. The standard InChI is InChI=1S/C11H14N2O/c1-2-9(7-14)5-11-6-12-8-13(11)10-3-4-10/h5-8,10H,2-4H2,1H3. The molecule has 1 saturated carbocycles. The van der Waals surface area contributed by atoms with E-state index in [1.54, 1.807) is 0 Å². The number of carbonyl (C=O) groups is 1. The summed E-state index contributed by atoms with van der Waals surface area (Å²) in [6.07, 6.45) is 9.76. The molecule has 0 spiro atoms. The summed E-state index contributed by atoms with van der Waals surface area (Å²) < 4.78 is 2.15. The van der Waals surface area contributed by atoms with Gasteiger partial charge in [-0.3, -0.25) is 4.79 Å². The average Bonchev–Trinajstić information content (AvgIpc) is 2.95. The molecule has 0 saturated heterocycles. The van der Waals surface area contributed by atoms with Crippen LogP contribution in [0, 0.1) is 0 Å². The first-order chi connectivity index (χ1) is 6.85. The fourth-order valence-electron chi connectivity index (χ4n) is 1.49. The molecule has 0 atom stereocenters. The number of rotatable bonds is 4. The topological polar surface area (TPSA) is 34.9 Å². The maximum atomic E-state index is 10.7. The number of carbonyl (C=O) groups excluding carboxylic acids is 1. The average molecular weight is 190 g/mol. The third-order valence-corrected chi connectivity index (χ3v) is 2.53. The molecule has 0 aromatic carbocycles. The molecule has 0 bridgehead atoms. The van der Waals surface area contributed by atoms with E-state index >= 15 is 0 Å². The van der Waals surface area contributed by atoms with Crippen LogP contribution >= 0.6 is 0 Å². The van der Waals surface area contributed by atoms with Crippen molar-refractivity contribution in [3.8, 4) is 0 Å². The number of allylic oxidation sites excluding steroid dienone is 1. The third-order valence-electron chi connectivity index (χ3n) is 2.53. The van der Waals surface area contributed by atoms with Crippen LogP contribution in [0.3, 0.4) is 0 Å². The Morgan fingerprint density at radius 3 is 3.07 bits per heavy atom. The Kier molecular flexibility index (Phi) is 2.48. The Morgan fingerprint density at radius 2 is 2.50 bits per heavy atom. The fourth-order valence-corrected chi connectivity index (χ4v) is 1.49. The Hall–Kier alpha value is -1.38. The van der Waals surface area contributed by atoms with Gasteiger partial charge in [-0.05, 0) is 30.9 Å². The Morgan fingerprint density at radius 1 is 1.71 bits per heavy atom. The summed E-state index contributed by atoms with van der Waals surface area (Å²) in [4.78, 5) is 14.8. The molecule has 1 aliphatic rings. The van der Waals surface area contributed by atoms with Gasteiger partial charge < -0.3 is 4.57 Å². The molecular formula is C11H14N2O. The fraction of sp³-hybridized carbons (Fsp3) is 0.455. The summed E-state index contributed by atoms with van der Waals surface area (Å²) >= 11 is 0. The van der Waals surface area contributed by atoms with E-state index in [-0.39, 0.29) is 0 Å². The van der Waals surface area contributed by atoms with Crippen LogP contribution in [0.5, 0.6) is 0 Å². The SMILES string of the molecule is CCC(C=O)=Cc1cncn1C1CC1. The van der Waals surface area contributed by atoms with Crippen molar-refractivity contribution in [1.82, 2.24) is 9.55 Å². The van der Waals surface area contributed by atoms with Crippen LogP contribution in [-0.4, -0.2) is 15.8 Å². The maximum Gasteiger partial charge on any atom is 0.146 e. The largest absolute Gasteiger partial charge is 0.328 e. The molecule has 74 valence electrons. The number of hydrogen-bond donors (Lipinski definition) is 0. The maximum absolute atomic E-state index is 10.7. The minimum absolute atomic E-state index is 0.619. The van der Waals surface area contributed by atoms with Crippen LogP contribution in [0.2, 0.25) is 0 Å². The highest BCUT2D eigenvalue weighted by Crippen LogP contribution is 2.36. The van der Waals surface area contributed by atoms with Crippen LogP contribution < -0.4 is 0 Å². The van der Waals surface area contributed by atoms with Crippen LogP contribution in [0.4, 0.5) is 0 Å². The van der Waals surface area contributed by atoms with E-state index in [9.17, 15) is 4.79 Å². The molecule has 1 aromatic heterocycles. The number of aldehydes is 1. The van der Waals surface area contributed by atoms with Gasteiger partial charge in [0.2, 0.25) is 0 Å². The van der Waals surface area contributed by atoms with Crippen molar-refractivity contribution in [3.63, 3.8) is 0 Å². The summed E-state index contributed by atoms with van der Waals surface area (Å²) in [6.45, 7) is 1.98. The molecule has 0 aliphatic heterocycles. The predicted molar refractivity (Wildman–Crippen MR) is 54.8 cm³/mol. The van der Waals surface area contributed by atoms with E-state index < -0.39 is 0 Å². The first-order valence-electron chi connectivity index (χ1n) is 5.02. The van der Waals surface area contributed by atoms with E-state index in [1.807, 2.05) is 25.5 Å². The third kappa shape index (κ3) is 1.76. The highest BCUT2D eigenvalue weighted by molar-refractivity contribution is 5.80. The first-order valence-corrected chi connectivity index (χ1v) is 5.02. The van der Waals surface area contributed by atoms with E-state index in [0.29, 0.717) is 6.04 Å². The number of hydrogen-bond acceptors (Lipinski definition) is 2. The molecule has 3 nitrogen and oxygen atoms in total. The number of nitrogens with zero attached hydrogens (tertiary/aromatic N) is 2. The summed E-state index contributed by atoms with van der Waals surface area (Å²) in [5, 5.41) is 0. The van der Waals surface area contributed by atoms with Gasteiger partial charge in [0, 0.05) is 6.04 Å². The molecular weight excluding hydrogens is 176 g/mol. The zero-order valence-corrected chi connectivity index (χ0v) is 8.31. The summed E-state index contributed by atoms with van der Waals surface area (Å²) in [6, 6.07) is 0.619. The lowest BCUT2D eigenvalue weighted by atomic mass is 10.2. The summed E-state index contributed by atoms with van der Waals surface area (Å²) in [5.74, 6) is 0. The van der Waals surface area contributed by atoms with Crippen LogP contribution in [0.1, 0.15) is 37.9 Å². The van der Waals surface area contributed by atoms with Gasteiger partial charge in [0.15, 0.2) is 0 Å². The zero-order valence-electron chi connectivity index (χ0n) is 8.31. The summed E-state index contributed by atoms with van der Waals surface area (Å²) in [5.41, 5.74) is 1.88. The van der Waals surface area contributed by atoms with Gasteiger partial charge in [-0.15, -0.1) is 0 Å². The van der Waals surface area contributed by atoms with Crippen molar-refractivity contribution in [2.24, 2.45) is 0 Å². The van der Waals surface area contributed by atoms with Crippen LogP contribution in [0.15, 0.2) is 18.1 Å². The van der Waals surface area contributed by atoms with E-state index in [4.69, 9.17) is 0 Å². The minimum atomic E-state index is 0.619. The summed E-state index contributed by atoms with van der Waals surface area (Å²) in [7, 11) is 0. The van der Waals surface area contributed by atoms with Gasteiger partial charge in [0.1, 0.15) is 6.29 Å². The molecule has 0 radical (unpaired) electrons. The van der Waals surface area contributed by atoms with Crippen molar-refractivity contribution in [3.05, 3.63) is 23.8 Å². The highest BCUT2D eigenvalue weighted by Gasteiger charge is 2.24. The minimum Gasteiger partial charge on any atom is -0.328 e. The van der Waals surface area contributed by atoms with Crippen molar-refractivity contribution in [2.45, 2.75) is 32.2 Å². The van der Waals surface area contributed by atoms with Gasteiger partial charge >= 0.3 is 0 Å². The van der Waals surface area contributed by atoms with E-state index in [1.165, 1.54) is 12.8 Å². The molecule has 3 heteroatoms. The Bertz CT molecular complexity index is 361. The molecule has 2 rings (SSSR count). The molecule has 0 amide bonds. The van der Waals surface area contributed by atoms with Gasteiger partial charge in [0.25, 0.3) is 0 Å². The first kappa shape index (κ1) is 9.19. The molecule has 14 heavy (non-hydrogen) atoms. The quantitative estimate of drug-likeness (QED) is 0.539. The van der Waals surface area contributed by atoms with E-state index in [2.05, 4.69) is 9.55 Å². The number of imidazole rings is 1. The predicted octanol–water partition coefficient (Wildman–Crippen LogP) is 2.21. The molecule has 1 fully saturated rings. The molecule has 0 N–H and O–H groups in total. The Balaban J connectivity index is 2.26. The molecule has 0 unspecified atom stereocenters.